The standard InChI is InChI=1S/C21H22O6/c1-24-20(22)17-5-2-4-15(12-17)13-27-21(23)16-7-9-18(10-8-16)26-14-19-6-3-11-25-19/h2,4-5,7-10,12,19H,3,6,11,13-14H2,1H3/t19-/m0/s1. The lowest BCUT2D eigenvalue weighted by Gasteiger charge is -2.11. The Morgan fingerprint density at radius 2 is 1.89 bits per heavy atom. The molecule has 1 atom stereocenters. The zero-order valence-corrected chi connectivity index (χ0v) is 15.2. The van der Waals surface area contributed by atoms with Gasteiger partial charge in [-0.05, 0) is 54.8 Å². The predicted octanol–water partition coefficient (Wildman–Crippen LogP) is 3.39. The smallest absolute Gasteiger partial charge is 0.338 e. The molecule has 1 aliphatic rings. The van der Waals surface area contributed by atoms with Gasteiger partial charge in [0, 0.05) is 6.61 Å². The second kappa shape index (κ2) is 9.19. The summed E-state index contributed by atoms with van der Waals surface area (Å²) in [5.41, 5.74) is 1.56. The summed E-state index contributed by atoms with van der Waals surface area (Å²) in [6, 6.07) is 13.6. The lowest BCUT2D eigenvalue weighted by atomic mass is 10.1. The highest BCUT2D eigenvalue weighted by molar-refractivity contribution is 5.90. The maximum Gasteiger partial charge on any atom is 0.338 e. The van der Waals surface area contributed by atoms with E-state index in [9.17, 15) is 9.59 Å². The third kappa shape index (κ3) is 5.31. The first kappa shape index (κ1) is 18.9. The molecule has 0 aromatic heterocycles. The molecular weight excluding hydrogens is 348 g/mol. The SMILES string of the molecule is COC(=O)c1cccc(COC(=O)c2ccc(OC[C@@H]3CCCO3)cc2)c1. The van der Waals surface area contributed by atoms with E-state index in [2.05, 4.69) is 4.74 Å². The fourth-order valence-electron chi connectivity index (χ4n) is 2.79. The highest BCUT2D eigenvalue weighted by Gasteiger charge is 2.16. The minimum atomic E-state index is -0.441. The number of carbonyl (C=O) groups excluding carboxylic acids is 2. The number of carbonyl (C=O) groups is 2. The van der Waals surface area contributed by atoms with Crippen LogP contribution in [-0.4, -0.2) is 38.4 Å². The average Bonchev–Trinajstić information content (AvgIpc) is 3.24. The lowest BCUT2D eigenvalue weighted by Crippen LogP contribution is -2.16. The lowest BCUT2D eigenvalue weighted by molar-refractivity contribution is 0.0472. The van der Waals surface area contributed by atoms with Crippen LogP contribution in [0.2, 0.25) is 0 Å². The number of rotatable bonds is 7. The van der Waals surface area contributed by atoms with Gasteiger partial charge in [-0.2, -0.15) is 0 Å². The van der Waals surface area contributed by atoms with Gasteiger partial charge in [0.25, 0.3) is 0 Å². The van der Waals surface area contributed by atoms with Crippen LogP contribution < -0.4 is 4.74 Å². The zero-order valence-electron chi connectivity index (χ0n) is 15.2. The number of methoxy groups -OCH3 is 1. The van der Waals surface area contributed by atoms with Crippen LogP contribution in [0.15, 0.2) is 48.5 Å². The van der Waals surface area contributed by atoms with Crippen LogP contribution in [0.25, 0.3) is 0 Å². The topological polar surface area (TPSA) is 71.1 Å². The van der Waals surface area contributed by atoms with E-state index in [1.54, 1.807) is 48.5 Å². The minimum absolute atomic E-state index is 0.0704. The Balaban J connectivity index is 1.51. The quantitative estimate of drug-likeness (QED) is 0.696. The van der Waals surface area contributed by atoms with E-state index in [1.165, 1.54) is 7.11 Å². The van der Waals surface area contributed by atoms with E-state index in [0.29, 0.717) is 29.0 Å². The van der Waals surface area contributed by atoms with Crippen LogP contribution >= 0.6 is 0 Å². The van der Waals surface area contributed by atoms with Gasteiger partial charge in [-0.15, -0.1) is 0 Å². The molecule has 6 nitrogen and oxygen atoms in total. The van der Waals surface area contributed by atoms with E-state index < -0.39 is 11.9 Å². The van der Waals surface area contributed by atoms with E-state index >= 15 is 0 Å². The van der Waals surface area contributed by atoms with Gasteiger partial charge in [-0.3, -0.25) is 0 Å². The number of ether oxygens (including phenoxy) is 4. The van der Waals surface area contributed by atoms with Gasteiger partial charge in [0.2, 0.25) is 0 Å². The Kier molecular flexibility index (Phi) is 6.44. The summed E-state index contributed by atoms with van der Waals surface area (Å²) in [5, 5.41) is 0. The van der Waals surface area contributed by atoms with Crippen molar-refractivity contribution in [1.29, 1.82) is 0 Å². The maximum absolute atomic E-state index is 12.2. The molecule has 0 saturated carbocycles. The van der Waals surface area contributed by atoms with E-state index in [1.807, 2.05) is 0 Å². The van der Waals surface area contributed by atoms with Crippen molar-refractivity contribution in [2.75, 3.05) is 20.3 Å². The Morgan fingerprint density at radius 1 is 1.07 bits per heavy atom. The minimum Gasteiger partial charge on any atom is -0.491 e. The molecule has 0 bridgehead atoms. The molecule has 2 aromatic rings. The summed E-state index contributed by atoms with van der Waals surface area (Å²) in [7, 11) is 1.32. The van der Waals surface area contributed by atoms with Crippen LogP contribution in [0.4, 0.5) is 0 Å². The third-order valence-electron chi connectivity index (χ3n) is 4.27. The highest BCUT2D eigenvalue weighted by Crippen LogP contribution is 2.17. The second-order valence-electron chi connectivity index (χ2n) is 6.24. The fourth-order valence-corrected chi connectivity index (χ4v) is 2.79. The van der Waals surface area contributed by atoms with Crippen molar-refractivity contribution in [3.8, 4) is 5.75 Å². The average molecular weight is 370 g/mol. The molecule has 1 fully saturated rings. The molecule has 0 spiro atoms. The molecule has 0 aliphatic carbocycles. The Morgan fingerprint density at radius 3 is 2.59 bits per heavy atom. The zero-order chi connectivity index (χ0) is 19.1. The van der Waals surface area contributed by atoms with Gasteiger partial charge < -0.3 is 18.9 Å². The van der Waals surface area contributed by atoms with E-state index in [4.69, 9.17) is 14.2 Å². The van der Waals surface area contributed by atoms with Gasteiger partial charge in [0.15, 0.2) is 0 Å². The summed E-state index contributed by atoms with van der Waals surface area (Å²) >= 11 is 0. The van der Waals surface area contributed by atoms with Gasteiger partial charge >= 0.3 is 11.9 Å². The number of hydrogen-bond acceptors (Lipinski definition) is 6. The highest BCUT2D eigenvalue weighted by atomic mass is 16.5. The largest absolute Gasteiger partial charge is 0.491 e. The van der Waals surface area contributed by atoms with Crippen molar-refractivity contribution in [3.63, 3.8) is 0 Å². The molecule has 1 heterocycles. The first-order valence-corrected chi connectivity index (χ1v) is 8.84. The van der Waals surface area contributed by atoms with Crippen molar-refractivity contribution in [1.82, 2.24) is 0 Å². The molecule has 0 unspecified atom stereocenters. The van der Waals surface area contributed by atoms with Crippen LogP contribution in [0, 0.1) is 0 Å². The van der Waals surface area contributed by atoms with Crippen molar-refractivity contribution < 1.29 is 28.5 Å². The molecule has 142 valence electrons. The summed E-state index contributed by atoms with van der Waals surface area (Å²) in [6.45, 7) is 1.38. The number of benzene rings is 2. The van der Waals surface area contributed by atoms with Gasteiger partial charge in [0.1, 0.15) is 19.0 Å². The molecule has 27 heavy (non-hydrogen) atoms. The van der Waals surface area contributed by atoms with Crippen LogP contribution in [0.1, 0.15) is 39.1 Å². The Hall–Kier alpha value is -2.86. The van der Waals surface area contributed by atoms with Crippen LogP contribution in [0.3, 0.4) is 0 Å². The molecule has 1 aliphatic heterocycles. The molecule has 0 N–H and O–H groups in total. The first-order chi connectivity index (χ1) is 13.2. The normalized spacial score (nSPS) is 16.0. The number of esters is 2. The van der Waals surface area contributed by atoms with Crippen LogP contribution in [-0.2, 0) is 20.8 Å². The molecule has 3 rings (SSSR count). The number of hydrogen-bond donors (Lipinski definition) is 0. The summed E-state index contributed by atoms with van der Waals surface area (Å²) in [5.74, 6) is -0.182. The fraction of sp³-hybridized carbons (Fsp3) is 0.333. The van der Waals surface area contributed by atoms with Gasteiger partial charge in [-0.1, -0.05) is 12.1 Å². The first-order valence-electron chi connectivity index (χ1n) is 8.84. The Labute approximate surface area is 158 Å². The van der Waals surface area contributed by atoms with Gasteiger partial charge in [0.05, 0.1) is 24.3 Å². The van der Waals surface area contributed by atoms with Crippen molar-refractivity contribution in [2.45, 2.75) is 25.6 Å². The third-order valence-corrected chi connectivity index (χ3v) is 4.27. The summed E-state index contributed by atoms with van der Waals surface area (Å²) in [6.07, 6.45) is 2.23. The van der Waals surface area contributed by atoms with E-state index in [0.717, 1.165) is 19.4 Å². The second-order valence-corrected chi connectivity index (χ2v) is 6.24. The predicted molar refractivity (Wildman–Crippen MR) is 97.8 cm³/mol. The molecule has 2 aromatic carbocycles. The van der Waals surface area contributed by atoms with E-state index in [-0.39, 0.29) is 12.7 Å². The molecule has 1 saturated heterocycles. The van der Waals surface area contributed by atoms with Crippen molar-refractivity contribution in [3.05, 3.63) is 65.2 Å². The molecule has 6 heteroatoms. The molecule has 0 amide bonds. The monoisotopic (exact) mass is 370 g/mol. The Bertz CT molecular complexity index is 778. The summed E-state index contributed by atoms with van der Waals surface area (Å²) in [4.78, 5) is 23.7. The summed E-state index contributed by atoms with van der Waals surface area (Å²) < 4.78 is 21.2. The van der Waals surface area contributed by atoms with Crippen LogP contribution in [0.5, 0.6) is 5.75 Å². The molecular formula is C21H22O6. The van der Waals surface area contributed by atoms with Gasteiger partial charge in [-0.25, -0.2) is 9.59 Å². The molecule has 0 radical (unpaired) electrons. The van der Waals surface area contributed by atoms with Crippen molar-refractivity contribution in [2.24, 2.45) is 0 Å². The van der Waals surface area contributed by atoms with Crippen molar-refractivity contribution >= 4 is 11.9 Å². The maximum atomic E-state index is 12.2.